The molecule has 4 nitrogen and oxygen atoms in total. The molecular weight excluding hydrogens is 234 g/mol. The predicted octanol–water partition coefficient (Wildman–Crippen LogP) is 2.00. The molecule has 17 heavy (non-hydrogen) atoms. The summed E-state index contributed by atoms with van der Waals surface area (Å²) in [5, 5.41) is 5.81. The van der Waals surface area contributed by atoms with Gasteiger partial charge in [-0.25, -0.2) is 4.98 Å². The molecule has 1 heterocycles. The molecule has 5 heteroatoms. The number of aromatic nitrogens is 1. The van der Waals surface area contributed by atoms with Gasteiger partial charge in [-0.1, -0.05) is 20.3 Å². The molecule has 0 radical (unpaired) electrons. The maximum atomic E-state index is 11.9. The first kappa shape index (κ1) is 14.1. The van der Waals surface area contributed by atoms with Crippen LogP contribution in [0.2, 0.25) is 0 Å². The molecule has 0 aromatic carbocycles. The largest absolute Gasteiger partial charge is 0.346 e. The summed E-state index contributed by atoms with van der Waals surface area (Å²) in [7, 11) is 0. The van der Waals surface area contributed by atoms with Crippen molar-refractivity contribution in [3.63, 3.8) is 0 Å². The minimum atomic E-state index is -0.441. The van der Waals surface area contributed by atoms with Crippen LogP contribution in [-0.2, 0) is 4.79 Å². The monoisotopic (exact) mass is 255 g/mol. The second kappa shape index (κ2) is 6.12. The summed E-state index contributed by atoms with van der Waals surface area (Å²) in [4.78, 5) is 16.2. The van der Waals surface area contributed by atoms with E-state index in [2.05, 4.69) is 10.3 Å². The van der Waals surface area contributed by atoms with Crippen LogP contribution >= 0.6 is 11.3 Å². The molecule has 1 amide bonds. The SMILES string of the molecule is CCC(C)[C@H](N)C(=O)NC(C)c1nc(C)cs1. The maximum absolute atomic E-state index is 11.9. The number of amides is 1. The van der Waals surface area contributed by atoms with Crippen molar-refractivity contribution in [1.82, 2.24) is 10.3 Å². The standard InChI is InChI=1S/C12H21N3OS/c1-5-7(2)10(13)11(16)15-9(4)12-14-8(3)6-17-12/h6-7,9-10H,5,13H2,1-4H3,(H,15,16)/t7?,9?,10-/m0/s1. The van der Waals surface area contributed by atoms with Gasteiger partial charge in [-0.15, -0.1) is 11.3 Å². The summed E-state index contributed by atoms with van der Waals surface area (Å²) in [6.45, 7) is 7.90. The third-order valence-corrected chi connectivity index (χ3v) is 4.07. The quantitative estimate of drug-likeness (QED) is 0.845. The van der Waals surface area contributed by atoms with E-state index >= 15 is 0 Å². The lowest BCUT2D eigenvalue weighted by atomic mass is 9.99. The number of thiazole rings is 1. The highest BCUT2D eigenvalue weighted by Crippen LogP contribution is 2.17. The topological polar surface area (TPSA) is 68.0 Å². The van der Waals surface area contributed by atoms with E-state index in [1.165, 1.54) is 0 Å². The molecule has 0 bridgehead atoms. The van der Waals surface area contributed by atoms with Crippen molar-refractivity contribution in [2.75, 3.05) is 0 Å². The number of carbonyl (C=O) groups excluding carboxylic acids is 1. The Morgan fingerprint density at radius 1 is 1.59 bits per heavy atom. The second-order valence-corrected chi connectivity index (χ2v) is 5.36. The number of nitrogens with zero attached hydrogens (tertiary/aromatic N) is 1. The van der Waals surface area contributed by atoms with Crippen molar-refractivity contribution >= 4 is 17.2 Å². The van der Waals surface area contributed by atoms with Crippen LogP contribution in [0.4, 0.5) is 0 Å². The number of hydrogen-bond acceptors (Lipinski definition) is 4. The smallest absolute Gasteiger partial charge is 0.237 e. The van der Waals surface area contributed by atoms with Gasteiger partial charge in [0, 0.05) is 11.1 Å². The van der Waals surface area contributed by atoms with E-state index in [1.54, 1.807) is 11.3 Å². The average molecular weight is 255 g/mol. The summed E-state index contributed by atoms with van der Waals surface area (Å²) >= 11 is 1.56. The molecule has 1 rings (SSSR count). The lowest BCUT2D eigenvalue weighted by molar-refractivity contribution is -0.124. The highest BCUT2D eigenvalue weighted by Gasteiger charge is 2.21. The fourth-order valence-electron chi connectivity index (χ4n) is 1.45. The zero-order valence-corrected chi connectivity index (χ0v) is 11.7. The summed E-state index contributed by atoms with van der Waals surface area (Å²) < 4.78 is 0. The van der Waals surface area contributed by atoms with Crippen molar-refractivity contribution in [2.45, 2.75) is 46.2 Å². The number of aryl methyl sites for hydroxylation is 1. The van der Waals surface area contributed by atoms with Gasteiger partial charge in [0.15, 0.2) is 0 Å². The van der Waals surface area contributed by atoms with E-state index in [-0.39, 0.29) is 17.9 Å². The minimum Gasteiger partial charge on any atom is -0.346 e. The number of nitrogens with one attached hydrogen (secondary N) is 1. The van der Waals surface area contributed by atoms with Crippen LogP contribution < -0.4 is 11.1 Å². The molecule has 0 fully saturated rings. The van der Waals surface area contributed by atoms with Crippen molar-refractivity contribution in [1.29, 1.82) is 0 Å². The Balaban J connectivity index is 2.57. The Labute approximate surface area is 107 Å². The minimum absolute atomic E-state index is 0.0729. The van der Waals surface area contributed by atoms with Crippen LogP contribution in [0.3, 0.4) is 0 Å². The van der Waals surface area contributed by atoms with Gasteiger partial charge in [0.2, 0.25) is 5.91 Å². The Kier molecular flexibility index (Phi) is 5.08. The second-order valence-electron chi connectivity index (χ2n) is 4.47. The van der Waals surface area contributed by atoms with Crippen LogP contribution in [0.5, 0.6) is 0 Å². The van der Waals surface area contributed by atoms with Crippen molar-refractivity contribution < 1.29 is 4.79 Å². The highest BCUT2D eigenvalue weighted by atomic mass is 32.1. The van der Waals surface area contributed by atoms with E-state index in [9.17, 15) is 4.79 Å². The summed E-state index contributed by atoms with van der Waals surface area (Å²) in [5.41, 5.74) is 6.86. The first-order chi connectivity index (χ1) is 7.95. The van der Waals surface area contributed by atoms with Crippen molar-refractivity contribution in [3.8, 4) is 0 Å². The Morgan fingerprint density at radius 3 is 2.71 bits per heavy atom. The molecule has 0 aliphatic carbocycles. The molecule has 1 aromatic rings. The molecule has 3 atom stereocenters. The summed E-state index contributed by atoms with van der Waals surface area (Å²) in [6, 6.07) is -0.514. The van der Waals surface area contributed by atoms with E-state index in [4.69, 9.17) is 5.73 Å². The van der Waals surface area contributed by atoms with Crippen LogP contribution in [0.1, 0.15) is 43.9 Å². The first-order valence-corrected chi connectivity index (χ1v) is 6.81. The van der Waals surface area contributed by atoms with E-state index in [0.29, 0.717) is 0 Å². The van der Waals surface area contributed by atoms with Crippen molar-refractivity contribution in [2.24, 2.45) is 11.7 Å². The lowest BCUT2D eigenvalue weighted by Crippen LogP contribution is -2.45. The van der Waals surface area contributed by atoms with Crippen LogP contribution in [0.25, 0.3) is 0 Å². The zero-order chi connectivity index (χ0) is 13.0. The molecule has 3 N–H and O–H groups in total. The van der Waals surface area contributed by atoms with Gasteiger partial charge < -0.3 is 11.1 Å². The molecule has 0 aliphatic heterocycles. The average Bonchev–Trinajstić information content (AvgIpc) is 2.73. The van der Waals surface area contributed by atoms with Crippen LogP contribution in [0, 0.1) is 12.8 Å². The van der Waals surface area contributed by atoms with Gasteiger partial charge in [-0.3, -0.25) is 4.79 Å². The van der Waals surface area contributed by atoms with Crippen LogP contribution in [-0.4, -0.2) is 16.9 Å². The molecule has 0 saturated carbocycles. The third kappa shape index (κ3) is 3.78. The van der Waals surface area contributed by atoms with Gasteiger partial charge >= 0.3 is 0 Å². The third-order valence-electron chi connectivity index (χ3n) is 2.93. The van der Waals surface area contributed by atoms with Crippen LogP contribution in [0.15, 0.2) is 5.38 Å². The summed E-state index contributed by atoms with van der Waals surface area (Å²) in [5.74, 6) is 0.0972. The number of nitrogens with two attached hydrogens (primary N) is 1. The van der Waals surface area contributed by atoms with Gasteiger partial charge in [-0.05, 0) is 19.8 Å². The Hall–Kier alpha value is -0.940. The van der Waals surface area contributed by atoms with E-state index in [1.807, 2.05) is 33.1 Å². The molecule has 0 saturated heterocycles. The Bertz CT molecular complexity index is 378. The first-order valence-electron chi connectivity index (χ1n) is 5.93. The van der Waals surface area contributed by atoms with Crippen molar-refractivity contribution in [3.05, 3.63) is 16.1 Å². The van der Waals surface area contributed by atoms with Gasteiger partial charge in [0.05, 0.1) is 12.1 Å². The number of hydrogen-bond donors (Lipinski definition) is 2. The molecule has 0 aliphatic rings. The number of rotatable bonds is 5. The molecule has 1 aromatic heterocycles. The fraction of sp³-hybridized carbons (Fsp3) is 0.667. The normalized spacial score (nSPS) is 16.3. The summed E-state index contributed by atoms with van der Waals surface area (Å²) in [6.07, 6.45) is 0.902. The van der Waals surface area contributed by atoms with Gasteiger partial charge in [0.25, 0.3) is 0 Å². The molecular formula is C12H21N3OS. The highest BCUT2D eigenvalue weighted by molar-refractivity contribution is 7.09. The predicted molar refractivity (Wildman–Crippen MR) is 70.8 cm³/mol. The fourth-order valence-corrected chi connectivity index (χ4v) is 2.26. The lowest BCUT2D eigenvalue weighted by Gasteiger charge is -2.20. The maximum Gasteiger partial charge on any atom is 0.237 e. The zero-order valence-electron chi connectivity index (χ0n) is 10.9. The van der Waals surface area contributed by atoms with Gasteiger partial charge in [-0.2, -0.15) is 0 Å². The number of carbonyl (C=O) groups is 1. The molecule has 96 valence electrons. The molecule has 0 spiro atoms. The van der Waals surface area contributed by atoms with Gasteiger partial charge in [0.1, 0.15) is 5.01 Å². The van der Waals surface area contributed by atoms with E-state index < -0.39 is 6.04 Å². The Morgan fingerprint density at radius 2 is 2.24 bits per heavy atom. The van der Waals surface area contributed by atoms with E-state index in [0.717, 1.165) is 17.1 Å². The molecule has 2 unspecified atom stereocenters.